The maximum Gasteiger partial charge on any atom is 0.0711 e. The molecule has 0 unspecified atom stereocenters. The molecule has 1 aromatic carbocycles. The first-order valence-electron chi connectivity index (χ1n) is 3.54. The Hall–Kier alpha value is -0.940. The van der Waals surface area contributed by atoms with Crippen LogP contribution in [0.2, 0.25) is 0 Å². The van der Waals surface area contributed by atoms with Crippen molar-refractivity contribution in [3.63, 3.8) is 0 Å². The van der Waals surface area contributed by atoms with Gasteiger partial charge in [-0.3, -0.25) is 5.43 Å². The first-order valence-corrected chi connectivity index (χ1v) is 4.50. The Balaban J connectivity index is 2.92. The fraction of sp³-hybridized carbons (Fsp3) is 0. The van der Waals surface area contributed by atoms with Crippen molar-refractivity contribution in [2.45, 2.75) is 4.90 Å². The van der Waals surface area contributed by atoms with Gasteiger partial charge in [-0.25, -0.2) is 0 Å². The van der Waals surface area contributed by atoms with Gasteiger partial charge in [0.05, 0.1) is 5.70 Å². The van der Waals surface area contributed by atoms with Crippen LogP contribution in [0.25, 0.3) is 5.70 Å². The van der Waals surface area contributed by atoms with Gasteiger partial charge in [-0.15, -0.1) is 25.3 Å². The highest BCUT2D eigenvalue weighted by Crippen LogP contribution is 2.15. The Morgan fingerprint density at radius 3 is 2.46 bits per heavy atom. The van der Waals surface area contributed by atoms with E-state index in [1.807, 2.05) is 24.3 Å². The molecule has 2 N–H and O–H groups in total. The largest absolute Gasteiger partial charge is 0.259 e. The van der Waals surface area contributed by atoms with Crippen LogP contribution in [0.5, 0.6) is 0 Å². The highest BCUT2D eigenvalue weighted by atomic mass is 32.1. The van der Waals surface area contributed by atoms with Crippen molar-refractivity contribution in [1.82, 2.24) is 5.43 Å². The molecule has 0 saturated carbocycles. The van der Waals surface area contributed by atoms with Crippen LogP contribution in [0.1, 0.15) is 5.56 Å². The summed E-state index contributed by atoms with van der Waals surface area (Å²) in [6.45, 7) is 0. The average Bonchev–Trinajstić information content (AvgIpc) is 2.16. The molecule has 0 heterocycles. The van der Waals surface area contributed by atoms with Crippen LogP contribution < -0.4 is 5.43 Å². The van der Waals surface area contributed by atoms with Gasteiger partial charge in [0.25, 0.3) is 0 Å². The molecule has 0 aliphatic carbocycles. The zero-order valence-electron chi connectivity index (χ0n) is 6.73. The lowest BCUT2D eigenvalue weighted by Gasteiger charge is -2.04. The summed E-state index contributed by atoms with van der Waals surface area (Å²) in [5.74, 6) is 0. The zero-order valence-corrected chi connectivity index (χ0v) is 8.52. The maximum absolute atomic E-state index is 6.65. The summed E-state index contributed by atoms with van der Waals surface area (Å²) in [5, 5.41) is 4.63. The minimum atomic E-state index is 0.687. The first kappa shape index (κ1) is 10.1. The van der Waals surface area contributed by atoms with Gasteiger partial charge in [0.1, 0.15) is 0 Å². The molecule has 1 rings (SSSR count). The van der Waals surface area contributed by atoms with Crippen LogP contribution in [-0.2, 0) is 0 Å². The average molecular weight is 211 g/mol. The van der Waals surface area contributed by atoms with Crippen molar-refractivity contribution in [2.24, 2.45) is 5.22 Å². The predicted octanol–water partition coefficient (Wildman–Crippen LogP) is 2.74. The quantitative estimate of drug-likeness (QED) is 0.347. The molecule has 0 aliphatic rings. The molecule has 0 spiro atoms. The molecule has 5 heteroatoms. The Labute approximate surface area is 87.5 Å². The molecule has 0 fully saturated rings. The fourth-order valence-electron chi connectivity index (χ4n) is 0.869. The predicted molar refractivity (Wildman–Crippen MR) is 58.9 cm³/mol. The Morgan fingerprint density at radius 2 is 2.00 bits per heavy atom. The minimum absolute atomic E-state index is 0.687. The van der Waals surface area contributed by atoms with E-state index in [9.17, 15) is 0 Å². The van der Waals surface area contributed by atoms with Crippen molar-refractivity contribution in [3.8, 4) is 0 Å². The molecule has 0 aromatic heterocycles. The number of thiol groups is 2. The summed E-state index contributed by atoms with van der Waals surface area (Å²) in [6.07, 6.45) is 0. The summed E-state index contributed by atoms with van der Waals surface area (Å²) < 4.78 is 0. The highest BCUT2D eigenvalue weighted by molar-refractivity contribution is 7.83. The molecular weight excluding hydrogens is 202 g/mol. The second kappa shape index (κ2) is 4.94. The Bertz CT molecular complexity index is 319. The SMILES string of the molecule is N=NN/C(=C\S)c1ccc(S)cc1. The Morgan fingerprint density at radius 1 is 1.38 bits per heavy atom. The third-order valence-electron chi connectivity index (χ3n) is 1.48. The van der Waals surface area contributed by atoms with Crippen molar-refractivity contribution >= 4 is 31.0 Å². The lowest BCUT2D eigenvalue weighted by Crippen LogP contribution is -2.01. The van der Waals surface area contributed by atoms with Gasteiger partial charge in [0, 0.05) is 10.5 Å². The van der Waals surface area contributed by atoms with E-state index < -0.39 is 0 Å². The van der Waals surface area contributed by atoms with E-state index in [2.05, 4.69) is 35.9 Å². The lowest BCUT2D eigenvalue weighted by molar-refractivity contribution is 0.846. The van der Waals surface area contributed by atoms with Gasteiger partial charge < -0.3 is 0 Å². The second-order valence-electron chi connectivity index (χ2n) is 2.31. The van der Waals surface area contributed by atoms with E-state index in [0.29, 0.717) is 5.70 Å². The lowest BCUT2D eigenvalue weighted by atomic mass is 10.2. The van der Waals surface area contributed by atoms with Crippen molar-refractivity contribution < 1.29 is 0 Å². The smallest absolute Gasteiger partial charge is 0.0711 e. The number of hydrogen-bond donors (Lipinski definition) is 4. The molecule has 0 saturated heterocycles. The second-order valence-corrected chi connectivity index (χ2v) is 3.09. The first-order chi connectivity index (χ1) is 6.27. The van der Waals surface area contributed by atoms with Gasteiger partial charge in [-0.2, -0.15) is 5.53 Å². The Kier molecular flexibility index (Phi) is 3.85. The number of rotatable bonds is 3. The van der Waals surface area contributed by atoms with Gasteiger partial charge >= 0.3 is 0 Å². The van der Waals surface area contributed by atoms with Crippen LogP contribution in [0.4, 0.5) is 0 Å². The van der Waals surface area contributed by atoms with Crippen molar-refractivity contribution in [2.75, 3.05) is 0 Å². The van der Waals surface area contributed by atoms with Crippen LogP contribution in [0.3, 0.4) is 0 Å². The van der Waals surface area contributed by atoms with Gasteiger partial charge in [-0.1, -0.05) is 17.4 Å². The summed E-state index contributed by atoms with van der Waals surface area (Å²) in [5.41, 5.74) is 10.8. The molecular formula is C8H9N3S2. The highest BCUT2D eigenvalue weighted by Gasteiger charge is 1.98. The van der Waals surface area contributed by atoms with Crippen molar-refractivity contribution in [1.29, 1.82) is 5.53 Å². The molecule has 0 atom stereocenters. The summed E-state index contributed by atoms with van der Waals surface area (Å²) in [6, 6.07) is 7.48. The van der Waals surface area contributed by atoms with E-state index in [-0.39, 0.29) is 0 Å². The van der Waals surface area contributed by atoms with Gasteiger partial charge in [0.15, 0.2) is 0 Å². The molecule has 0 amide bonds. The van der Waals surface area contributed by atoms with Crippen LogP contribution in [0, 0.1) is 5.53 Å². The monoisotopic (exact) mass is 211 g/mol. The fourth-order valence-corrected chi connectivity index (χ4v) is 1.23. The summed E-state index contributed by atoms with van der Waals surface area (Å²) in [7, 11) is 0. The number of nitrogens with zero attached hydrogens (tertiary/aromatic N) is 1. The molecule has 3 nitrogen and oxygen atoms in total. The number of hydrogen-bond acceptors (Lipinski definition) is 4. The molecule has 13 heavy (non-hydrogen) atoms. The normalized spacial score (nSPS) is 11.1. The van der Waals surface area contributed by atoms with Gasteiger partial charge in [0.2, 0.25) is 0 Å². The third-order valence-corrected chi connectivity index (χ3v) is 2.04. The van der Waals surface area contributed by atoms with Gasteiger partial charge in [-0.05, 0) is 17.5 Å². The van der Waals surface area contributed by atoms with Crippen LogP contribution in [-0.4, -0.2) is 0 Å². The number of nitrogens with one attached hydrogen (secondary N) is 2. The van der Waals surface area contributed by atoms with E-state index in [0.717, 1.165) is 10.5 Å². The zero-order chi connectivity index (χ0) is 9.68. The summed E-state index contributed by atoms with van der Waals surface area (Å²) in [4.78, 5) is 0.894. The molecule has 0 aliphatic heterocycles. The van der Waals surface area contributed by atoms with E-state index in [1.165, 1.54) is 0 Å². The molecule has 0 radical (unpaired) electrons. The van der Waals surface area contributed by atoms with E-state index in [4.69, 9.17) is 5.53 Å². The molecule has 68 valence electrons. The molecule has 1 aromatic rings. The maximum atomic E-state index is 6.65. The molecule has 0 bridgehead atoms. The van der Waals surface area contributed by atoms with Crippen LogP contribution in [0.15, 0.2) is 39.8 Å². The standard InChI is InChI=1S/C8H9N3S2/c9-11-10-8(5-12)6-1-3-7(13)4-2-6/h1-5,12-13H,(H2,9,10)/b8-5-. The summed E-state index contributed by atoms with van der Waals surface area (Å²) >= 11 is 8.16. The third kappa shape index (κ3) is 2.78. The number of benzene rings is 1. The van der Waals surface area contributed by atoms with E-state index >= 15 is 0 Å². The van der Waals surface area contributed by atoms with Crippen LogP contribution >= 0.6 is 25.3 Å². The minimum Gasteiger partial charge on any atom is -0.259 e. The topological polar surface area (TPSA) is 48.2 Å². The van der Waals surface area contributed by atoms with Crippen molar-refractivity contribution in [3.05, 3.63) is 35.2 Å². The van der Waals surface area contributed by atoms with E-state index in [1.54, 1.807) is 5.41 Å².